The number of aryl methyl sites for hydroxylation is 1. The molecule has 3 aromatic heterocycles. The second kappa shape index (κ2) is 10.9. The van der Waals surface area contributed by atoms with Gasteiger partial charge in [-0.1, -0.05) is 30.8 Å². The zero-order chi connectivity index (χ0) is 29.7. The van der Waals surface area contributed by atoms with Gasteiger partial charge in [0.15, 0.2) is 0 Å². The number of amides is 1. The minimum Gasteiger partial charge on any atom is -0.369 e. The zero-order valence-electron chi connectivity index (χ0n) is 25.0. The van der Waals surface area contributed by atoms with Crippen molar-refractivity contribution in [2.24, 2.45) is 0 Å². The number of fused-ring (bicyclic) bond motifs is 1. The van der Waals surface area contributed by atoms with Crippen molar-refractivity contribution in [2.75, 3.05) is 36.9 Å². The summed E-state index contributed by atoms with van der Waals surface area (Å²) in [5, 5.41) is 8.60. The maximum atomic E-state index is 12.2. The summed E-state index contributed by atoms with van der Waals surface area (Å²) in [5.41, 5.74) is 10.0. The van der Waals surface area contributed by atoms with Crippen molar-refractivity contribution in [1.29, 1.82) is 0 Å². The van der Waals surface area contributed by atoms with E-state index in [-0.39, 0.29) is 5.91 Å². The van der Waals surface area contributed by atoms with Gasteiger partial charge in [-0.25, -0.2) is 4.98 Å². The quantitative estimate of drug-likeness (QED) is 0.213. The van der Waals surface area contributed by atoms with E-state index >= 15 is 0 Å². The van der Waals surface area contributed by atoms with Gasteiger partial charge < -0.3 is 20.1 Å². The molecule has 1 aliphatic heterocycles. The molecular weight excluding hydrogens is 534 g/mol. The summed E-state index contributed by atoms with van der Waals surface area (Å²) >= 11 is 0. The van der Waals surface area contributed by atoms with Crippen molar-refractivity contribution in [2.45, 2.75) is 38.8 Å². The predicted octanol–water partition coefficient (Wildman–Crippen LogP) is 6.67. The van der Waals surface area contributed by atoms with Crippen LogP contribution >= 0.6 is 0 Å². The number of H-pyrrole nitrogens is 1. The lowest BCUT2D eigenvalue weighted by Crippen LogP contribution is -2.50. The van der Waals surface area contributed by atoms with E-state index in [2.05, 4.69) is 93.0 Å². The van der Waals surface area contributed by atoms with Crippen molar-refractivity contribution >= 4 is 28.3 Å². The number of carbonyl (C=O) groups excluding carboxylic acids is 1. The van der Waals surface area contributed by atoms with E-state index in [1.165, 1.54) is 24.6 Å². The SMILES string of the molecule is C=CC(=O)Nc1cc(-c2c(-c3ccc(N4CCN(C)[C@@H](C)C4)cc3)[nH]c3ncc(-c4cnn(C5CC5)c4)cc23)ccc1C. The van der Waals surface area contributed by atoms with Gasteiger partial charge in [0, 0.05) is 71.5 Å². The molecule has 8 nitrogen and oxygen atoms in total. The van der Waals surface area contributed by atoms with Crippen molar-refractivity contribution in [3.05, 3.63) is 85.3 Å². The van der Waals surface area contributed by atoms with Crippen LogP contribution in [0.1, 0.15) is 31.4 Å². The molecule has 218 valence electrons. The van der Waals surface area contributed by atoms with E-state index in [4.69, 9.17) is 4.98 Å². The van der Waals surface area contributed by atoms with E-state index < -0.39 is 0 Å². The zero-order valence-corrected chi connectivity index (χ0v) is 25.0. The smallest absolute Gasteiger partial charge is 0.247 e. The number of likely N-dealkylation sites (N-methyl/N-ethyl adjacent to an activating group) is 1. The number of benzene rings is 2. The Balaban J connectivity index is 1.33. The van der Waals surface area contributed by atoms with Crippen molar-refractivity contribution in [1.82, 2.24) is 24.6 Å². The normalized spacial score (nSPS) is 17.4. The average molecular weight is 572 g/mol. The molecule has 2 aromatic carbocycles. The third-order valence-corrected chi connectivity index (χ3v) is 8.96. The highest BCUT2D eigenvalue weighted by Crippen LogP contribution is 2.41. The van der Waals surface area contributed by atoms with Crippen molar-refractivity contribution in [3.8, 4) is 33.5 Å². The number of carbonyl (C=O) groups is 1. The molecule has 4 heterocycles. The first-order valence-corrected chi connectivity index (χ1v) is 15.0. The number of pyridine rings is 1. The summed E-state index contributed by atoms with van der Waals surface area (Å²) in [4.78, 5) is 25.6. The van der Waals surface area contributed by atoms with E-state index in [0.717, 1.165) is 75.4 Å². The van der Waals surface area contributed by atoms with Gasteiger partial charge in [-0.2, -0.15) is 5.10 Å². The van der Waals surface area contributed by atoms with Crippen LogP contribution in [0, 0.1) is 6.92 Å². The van der Waals surface area contributed by atoms with Crippen LogP contribution in [-0.4, -0.2) is 63.3 Å². The Morgan fingerprint density at radius 2 is 1.81 bits per heavy atom. The van der Waals surface area contributed by atoms with Gasteiger partial charge in [0.25, 0.3) is 0 Å². The Kier molecular flexibility index (Phi) is 6.86. The fraction of sp³-hybridized carbons (Fsp3) is 0.286. The standard InChI is InChI=1S/C35H37N7O/c1-5-32(43)38-31-17-25(7-6-22(31)2)33-30-16-26(27-19-37-42(21-27)29-12-13-29)18-36-35(30)39-34(33)24-8-10-28(11-9-24)41-15-14-40(4)23(3)20-41/h5-11,16-19,21,23,29H,1,12-15,20H2,2-4H3,(H,36,39)(H,38,43)/t23-/m0/s1. The van der Waals surface area contributed by atoms with Gasteiger partial charge in [0.1, 0.15) is 5.65 Å². The van der Waals surface area contributed by atoms with Gasteiger partial charge in [-0.3, -0.25) is 9.48 Å². The summed E-state index contributed by atoms with van der Waals surface area (Å²) in [6, 6.07) is 18.3. The van der Waals surface area contributed by atoms with Crippen LogP contribution in [0.15, 0.2) is 79.8 Å². The number of piperazine rings is 1. The van der Waals surface area contributed by atoms with E-state index in [9.17, 15) is 4.79 Å². The lowest BCUT2D eigenvalue weighted by molar-refractivity contribution is -0.111. The summed E-state index contributed by atoms with van der Waals surface area (Å²) < 4.78 is 2.07. The summed E-state index contributed by atoms with van der Waals surface area (Å²) in [5.74, 6) is -0.232. The van der Waals surface area contributed by atoms with Crippen molar-refractivity contribution in [3.63, 3.8) is 0 Å². The van der Waals surface area contributed by atoms with Crippen LogP contribution < -0.4 is 10.2 Å². The molecule has 1 saturated heterocycles. The van der Waals surface area contributed by atoms with Crippen LogP contribution in [0.4, 0.5) is 11.4 Å². The van der Waals surface area contributed by atoms with E-state index in [0.29, 0.717) is 12.1 Å². The molecule has 1 atom stereocenters. The molecule has 5 aromatic rings. The molecule has 0 radical (unpaired) electrons. The topological polar surface area (TPSA) is 82.1 Å². The number of hydrogen-bond donors (Lipinski definition) is 2. The van der Waals surface area contributed by atoms with Crippen LogP contribution in [0.5, 0.6) is 0 Å². The second-order valence-electron chi connectivity index (χ2n) is 12.0. The Morgan fingerprint density at radius 1 is 1.02 bits per heavy atom. The highest BCUT2D eigenvalue weighted by atomic mass is 16.1. The monoisotopic (exact) mass is 571 g/mol. The number of hydrogen-bond acceptors (Lipinski definition) is 5. The Morgan fingerprint density at radius 3 is 2.56 bits per heavy atom. The average Bonchev–Trinajstić information content (AvgIpc) is 3.63. The van der Waals surface area contributed by atoms with Crippen LogP contribution in [0.2, 0.25) is 0 Å². The first-order chi connectivity index (χ1) is 20.9. The molecule has 1 saturated carbocycles. The molecular formula is C35H37N7O. The molecule has 2 fully saturated rings. The fourth-order valence-corrected chi connectivity index (χ4v) is 5.99. The molecule has 2 aliphatic rings. The largest absolute Gasteiger partial charge is 0.369 e. The first kappa shape index (κ1) is 27.2. The minimum atomic E-state index is -0.232. The predicted molar refractivity (Wildman–Crippen MR) is 174 cm³/mol. The molecule has 0 spiro atoms. The number of nitrogens with one attached hydrogen (secondary N) is 2. The number of rotatable bonds is 7. The summed E-state index contributed by atoms with van der Waals surface area (Å²) in [6.07, 6.45) is 9.65. The van der Waals surface area contributed by atoms with Gasteiger partial charge in [-0.05, 0) is 80.8 Å². The van der Waals surface area contributed by atoms with Crippen molar-refractivity contribution < 1.29 is 4.79 Å². The number of anilines is 2. The molecule has 2 N–H and O–H groups in total. The van der Waals surface area contributed by atoms with Crippen LogP contribution in [0.25, 0.3) is 44.5 Å². The first-order valence-electron chi connectivity index (χ1n) is 15.0. The third-order valence-electron chi connectivity index (χ3n) is 8.96. The summed E-state index contributed by atoms with van der Waals surface area (Å²) in [6.45, 7) is 11.0. The highest BCUT2D eigenvalue weighted by Gasteiger charge is 2.25. The lowest BCUT2D eigenvalue weighted by Gasteiger charge is -2.39. The van der Waals surface area contributed by atoms with E-state index in [1.807, 2.05) is 31.5 Å². The molecule has 0 unspecified atom stereocenters. The van der Waals surface area contributed by atoms with Crippen LogP contribution in [-0.2, 0) is 4.79 Å². The number of aromatic nitrogens is 4. The molecule has 43 heavy (non-hydrogen) atoms. The molecule has 0 bridgehead atoms. The number of aromatic amines is 1. The molecule has 8 heteroatoms. The van der Waals surface area contributed by atoms with Gasteiger partial charge in [0.2, 0.25) is 5.91 Å². The molecule has 1 amide bonds. The van der Waals surface area contributed by atoms with Gasteiger partial charge in [0.05, 0.1) is 17.9 Å². The summed E-state index contributed by atoms with van der Waals surface area (Å²) in [7, 11) is 2.19. The maximum absolute atomic E-state index is 12.2. The Labute approximate surface area is 252 Å². The van der Waals surface area contributed by atoms with Crippen LogP contribution in [0.3, 0.4) is 0 Å². The third kappa shape index (κ3) is 5.23. The van der Waals surface area contributed by atoms with Gasteiger partial charge in [-0.15, -0.1) is 0 Å². The Hall–Kier alpha value is -4.69. The maximum Gasteiger partial charge on any atom is 0.247 e. The fourth-order valence-electron chi connectivity index (χ4n) is 5.99. The molecule has 1 aliphatic carbocycles. The Bertz CT molecular complexity index is 1830. The number of nitrogens with zero attached hydrogens (tertiary/aromatic N) is 5. The highest BCUT2D eigenvalue weighted by molar-refractivity contribution is 6.05. The van der Waals surface area contributed by atoms with E-state index in [1.54, 1.807) is 0 Å². The second-order valence-corrected chi connectivity index (χ2v) is 12.0. The van der Waals surface area contributed by atoms with Gasteiger partial charge >= 0.3 is 0 Å². The minimum absolute atomic E-state index is 0.232. The molecule has 7 rings (SSSR count). The lowest BCUT2D eigenvalue weighted by atomic mass is 9.96.